The van der Waals surface area contributed by atoms with Crippen molar-refractivity contribution in [1.82, 2.24) is 20.1 Å². The first-order chi connectivity index (χ1) is 11.6. The normalized spacial score (nSPS) is 20.8. The first-order valence-corrected chi connectivity index (χ1v) is 9.50. The van der Waals surface area contributed by atoms with Gasteiger partial charge < -0.3 is 5.32 Å². The summed E-state index contributed by atoms with van der Waals surface area (Å²) in [6.45, 7) is 4.34. The molecule has 1 aliphatic rings. The lowest BCUT2D eigenvalue weighted by Crippen LogP contribution is -2.38. The highest BCUT2D eigenvalue weighted by atomic mass is 32.2. The van der Waals surface area contributed by atoms with Gasteiger partial charge in [0.05, 0.1) is 11.4 Å². The standard InChI is InChI=1S/C18H24N4OS/c1-13-7-9-15(10-8-13)20-17(23)11-24-18-21-19-12-22(18)16-6-4-3-5-14(16)2/h3-6,12-13,15H,7-11H2,1-2H3,(H,20,23). The Morgan fingerprint density at radius 1 is 1.29 bits per heavy atom. The average Bonchev–Trinajstić information content (AvgIpc) is 3.04. The largest absolute Gasteiger partial charge is 0.353 e. The topological polar surface area (TPSA) is 59.8 Å². The maximum absolute atomic E-state index is 12.2. The zero-order chi connectivity index (χ0) is 16.9. The molecule has 3 rings (SSSR count). The van der Waals surface area contributed by atoms with Gasteiger partial charge in [0, 0.05) is 6.04 Å². The van der Waals surface area contributed by atoms with Gasteiger partial charge in [0.2, 0.25) is 5.91 Å². The Hall–Kier alpha value is -1.82. The second-order valence-electron chi connectivity index (χ2n) is 6.58. The minimum absolute atomic E-state index is 0.0823. The van der Waals surface area contributed by atoms with Crippen molar-refractivity contribution < 1.29 is 4.79 Å². The lowest BCUT2D eigenvalue weighted by Gasteiger charge is -2.26. The van der Waals surface area contributed by atoms with Crippen LogP contribution in [0.1, 0.15) is 38.2 Å². The van der Waals surface area contributed by atoms with Crippen LogP contribution < -0.4 is 5.32 Å². The number of carbonyl (C=O) groups is 1. The highest BCUT2D eigenvalue weighted by Gasteiger charge is 2.20. The van der Waals surface area contributed by atoms with Gasteiger partial charge in [-0.1, -0.05) is 36.9 Å². The Labute approximate surface area is 147 Å². The Bertz CT molecular complexity index is 692. The molecule has 0 aliphatic heterocycles. The van der Waals surface area contributed by atoms with Crippen molar-refractivity contribution in [1.29, 1.82) is 0 Å². The van der Waals surface area contributed by atoms with Crippen molar-refractivity contribution in [2.45, 2.75) is 50.7 Å². The summed E-state index contributed by atoms with van der Waals surface area (Å²) in [4.78, 5) is 12.2. The number of benzene rings is 1. The summed E-state index contributed by atoms with van der Waals surface area (Å²) in [6.07, 6.45) is 6.30. The minimum Gasteiger partial charge on any atom is -0.353 e. The second-order valence-corrected chi connectivity index (χ2v) is 7.53. The van der Waals surface area contributed by atoms with Crippen LogP contribution in [-0.2, 0) is 4.79 Å². The van der Waals surface area contributed by atoms with E-state index in [2.05, 4.69) is 35.4 Å². The Morgan fingerprint density at radius 2 is 2.04 bits per heavy atom. The molecule has 0 bridgehead atoms. The van der Waals surface area contributed by atoms with Crippen LogP contribution in [0.25, 0.3) is 5.69 Å². The van der Waals surface area contributed by atoms with Gasteiger partial charge in [-0.2, -0.15) is 0 Å². The molecule has 0 atom stereocenters. The molecule has 1 aliphatic carbocycles. The molecule has 2 aromatic rings. The van der Waals surface area contributed by atoms with Crippen molar-refractivity contribution in [3.05, 3.63) is 36.2 Å². The summed E-state index contributed by atoms with van der Waals surface area (Å²) in [7, 11) is 0. The molecular formula is C18H24N4OS. The number of nitrogens with zero attached hydrogens (tertiary/aromatic N) is 3. The van der Waals surface area contributed by atoms with E-state index in [4.69, 9.17) is 0 Å². The van der Waals surface area contributed by atoms with Crippen LogP contribution >= 0.6 is 11.8 Å². The molecule has 128 valence electrons. The SMILES string of the molecule is Cc1ccccc1-n1cnnc1SCC(=O)NC1CCC(C)CC1. The van der Waals surface area contributed by atoms with Crippen LogP contribution in [0.5, 0.6) is 0 Å². The predicted octanol–water partition coefficient (Wildman–Crippen LogP) is 3.36. The fraction of sp³-hybridized carbons (Fsp3) is 0.500. The molecule has 0 radical (unpaired) electrons. The molecule has 0 spiro atoms. The quantitative estimate of drug-likeness (QED) is 0.845. The van der Waals surface area contributed by atoms with E-state index in [-0.39, 0.29) is 5.91 Å². The van der Waals surface area contributed by atoms with Crippen LogP contribution in [0.15, 0.2) is 35.7 Å². The van der Waals surface area contributed by atoms with Gasteiger partial charge >= 0.3 is 0 Å². The first kappa shape index (κ1) is 17.0. The van der Waals surface area contributed by atoms with Gasteiger partial charge in [-0.25, -0.2) is 0 Å². The van der Waals surface area contributed by atoms with E-state index in [0.717, 1.165) is 35.2 Å². The summed E-state index contributed by atoms with van der Waals surface area (Å²) >= 11 is 1.43. The third-order valence-corrected chi connectivity index (χ3v) is 5.55. The molecule has 6 heteroatoms. The third-order valence-electron chi connectivity index (χ3n) is 4.60. The van der Waals surface area contributed by atoms with Gasteiger partial charge in [0.1, 0.15) is 6.33 Å². The number of carbonyl (C=O) groups excluding carboxylic acids is 1. The number of para-hydroxylation sites is 1. The minimum atomic E-state index is 0.0823. The second kappa shape index (κ2) is 7.83. The average molecular weight is 344 g/mol. The summed E-state index contributed by atoms with van der Waals surface area (Å²) in [6, 6.07) is 8.43. The molecule has 1 heterocycles. The first-order valence-electron chi connectivity index (χ1n) is 8.51. The monoisotopic (exact) mass is 344 g/mol. The zero-order valence-corrected chi connectivity index (χ0v) is 15.1. The van der Waals surface area contributed by atoms with Crippen molar-refractivity contribution in [2.75, 3.05) is 5.75 Å². The molecule has 0 saturated heterocycles. The molecule has 1 N–H and O–H groups in total. The lowest BCUT2D eigenvalue weighted by molar-refractivity contribution is -0.119. The smallest absolute Gasteiger partial charge is 0.230 e. The van der Waals surface area contributed by atoms with E-state index in [0.29, 0.717) is 11.8 Å². The maximum atomic E-state index is 12.2. The highest BCUT2D eigenvalue weighted by molar-refractivity contribution is 7.99. The van der Waals surface area contributed by atoms with Gasteiger partial charge in [-0.05, 0) is 50.2 Å². The highest BCUT2D eigenvalue weighted by Crippen LogP contribution is 2.24. The van der Waals surface area contributed by atoms with Crippen LogP contribution in [0.3, 0.4) is 0 Å². The number of aryl methyl sites for hydroxylation is 1. The fourth-order valence-electron chi connectivity index (χ4n) is 3.13. The molecule has 1 saturated carbocycles. The number of hydrogen-bond acceptors (Lipinski definition) is 4. The zero-order valence-electron chi connectivity index (χ0n) is 14.2. The van der Waals surface area contributed by atoms with Gasteiger partial charge in [0.15, 0.2) is 5.16 Å². The Balaban J connectivity index is 1.57. The van der Waals surface area contributed by atoms with Crippen LogP contribution in [0.2, 0.25) is 0 Å². The number of nitrogens with one attached hydrogen (secondary N) is 1. The maximum Gasteiger partial charge on any atom is 0.230 e. The molecule has 5 nitrogen and oxygen atoms in total. The van der Waals surface area contributed by atoms with E-state index in [9.17, 15) is 4.79 Å². The third kappa shape index (κ3) is 4.17. The molecule has 1 aromatic heterocycles. The molecular weight excluding hydrogens is 320 g/mol. The number of rotatable bonds is 5. The van der Waals surface area contributed by atoms with E-state index in [1.54, 1.807) is 6.33 Å². The van der Waals surface area contributed by atoms with E-state index >= 15 is 0 Å². The van der Waals surface area contributed by atoms with Crippen molar-refractivity contribution >= 4 is 17.7 Å². The van der Waals surface area contributed by atoms with Gasteiger partial charge in [-0.3, -0.25) is 9.36 Å². The summed E-state index contributed by atoms with van der Waals surface area (Å²) in [5, 5.41) is 12.1. The molecule has 1 aromatic carbocycles. The number of amides is 1. The lowest BCUT2D eigenvalue weighted by atomic mass is 9.87. The van der Waals surface area contributed by atoms with Gasteiger partial charge in [0.25, 0.3) is 0 Å². The predicted molar refractivity (Wildman–Crippen MR) is 96.4 cm³/mol. The van der Waals surface area contributed by atoms with E-state index in [1.807, 2.05) is 22.8 Å². The van der Waals surface area contributed by atoms with Crippen molar-refractivity contribution in [3.8, 4) is 5.69 Å². The number of hydrogen-bond donors (Lipinski definition) is 1. The Kier molecular flexibility index (Phi) is 5.56. The fourth-order valence-corrected chi connectivity index (χ4v) is 3.86. The Morgan fingerprint density at radius 3 is 2.79 bits per heavy atom. The summed E-state index contributed by atoms with van der Waals surface area (Å²) < 4.78 is 1.94. The number of aromatic nitrogens is 3. The molecule has 0 unspecified atom stereocenters. The van der Waals surface area contributed by atoms with E-state index < -0.39 is 0 Å². The molecule has 24 heavy (non-hydrogen) atoms. The molecule has 1 amide bonds. The van der Waals surface area contributed by atoms with Crippen LogP contribution in [0, 0.1) is 12.8 Å². The summed E-state index contributed by atoms with van der Waals surface area (Å²) in [5.74, 6) is 1.25. The van der Waals surface area contributed by atoms with Gasteiger partial charge in [-0.15, -0.1) is 10.2 Å². The summed E-state index contributed by atoms with van der Waals surface area (Å²) in [5.41, 5.74) is 2.20. The van der Waals surface area contributed by atoms with Crippen LogP contribution in [0.4, 0.5) is 0 Å². The van der Waals surface area contributed by atoms with Crippen molar-refractivity contribution in [3.63, 3.8) is 0 Å². The van der Waals surface area contributed by atoms with Crippen LogP contribution in [-0.4, -0.2) is 32.5 Å². The molecule has 1 fully saturated rings. The number of thioether (sulfide) groups is 1. The van der Waals surface area contributed by atoms with E-state index in [1.165, 1.54) is 24.6 Å². The van der Waals surface area contributed by atoms with Crippen molar-refractivity contribution in [2.24, 2.45) is 5.92 Å².